The molecule has 7 nitrogen and oxygen atoms in total. The first kappa shape index (κ1) is 13.1. The molecule has 0 spiro atoms. The summed E-state index contributed by atoms with van der Waals surface area (Å²) in [6.45, 7) is 5.50. The number of hydrogen-bond acceptors (Lipinski definition) is 5. The van der Waals surface area contributed by atoms with E-state index in [0.29, 0.717) is 5.95 Å². The number of fused-ring (bicyclic) bond motifs is 1. The van der Waals surface area contributed by atoms with E-state index in [1.54, 1.807) is 21.6 Å². The SMILES string of the molecule is Cc1nn(C(C)(C)C#N)cc1Nc1ncc2cccn2n1. The van der Waals surface area contributed by atoms with Crippen molar-refractivity contribution >= 4 is 17.2 Å². The summed E-state index contributed by atoms with van der Waals surface area (Å²) in [5.74, 6) is 0.483. The van der Waals surface area contributed by atoms with Crippen LogP contribution >= 0.6 is 0 Å². The van der Waals surface area contributed by atoms with Crippen LogP contribution in [0.5, 0.6) is 0 Å². The van der Waals surface area contributed by atoms with E-state index in [9.17, 15) is 5.26 Å². The maximum absolute atomic E-state index is 9.17. The Morgan fingerprint density at radius 2 is 2.14 bits per heavy atom. The first-order valence-electron chi connectivity index (χ1n) is 6.55. The maximum Gasteiger partial charge on any atom is 0.245 e. The summed E-state index contributed by atoms with van der Waals surface area (Å²) < 4.78 is 3.38. The van der Waals surface area contributed by atoms with Crippen molar-refractivity contribution < 1.29 is 0 Å². The minimum Gasteiger partial charge on any atom is -0.320 e. The van der Waals surface area contributed by atoms with Crippen LogP contribution in [0.1, 0.15) is 19.5 Å². The third-order valence-electron chi connectivity index (χ3n) is 3.27. The van der Waals surface area contributed by atoms with Crippen LogP contribution in [0.25, 0.3) is 5.52 Å². The van der Waals surface area contributed by atoms with Crippen molar-refractivity contribution in [2.24, 2.45) is 0 Å². The molecule has 0 saturated carbocycles. The Kier molecular flexibility index (Phi) is 2.87. The summed E-state index contributed by atoms with van der Waals surface area (Å²) >= 11 is 0. The van der Waals surface area contributed by atoms with E-state index in [1.807, 2.05) is 39.1 Å². The zero-order valence-corrected chi connectivity index (χ0v) is 12.1. The van der Waals surface area contributed by atoms with E-state index in [2.05, 4.69) is 26.6 Å². The van der Waals surface area contributed by atoms with Gasteiger partial charge in [-0.05, 0) is 32.9 Å². The highest BCUT2D eigenvalue weighted by atomic mass is 15.3. The third-order valence-corrected chi connectivity index (χ3v) is 3.27. The molecule has 0 amide bonds. The summed E-state index contributed by atoms with van der Waals surface area (Å²) in [5.41, 5.74) is 1.80. The van der Waals surface area contributed by atoms with Gasteiger partial charge in [0.15, 0.2) is 0 Å². The van der Waals surface area contributed by atoms with E-state index in [4.69, 9.17) is 0 Å². The number of hydrogen-bond donors (Lipinski definition) is 1. The van der Waals surface area contributed by atoms with Crippen LogP contribution in [0.3, 0.4) is 0 Å². The molecule has 3 heterocycles. The second kappa shape index (κ2) is 4.59. The fraction of sp³-hybridized carbons (Fsp3) is 0.286. The first-order valence-corrected chi connectivity index (χ1v) is 6.55. The minimum absolute atomic E-state index is 0.483. The van der Waals surface area contributed by atoms with Crippen molar-refractivity contribution in [1.82, 2.24) is 24.4 Å². The number of aromatic nitrogens is 5. The predicted molar refractivity (Wildman–Crippen MR) is 78.2 cm³/mol. The molecule has 3 aromatic heterocycles. The van der Waals surface area contributed by atoms with Crippen LogP contribution in [0.15, 0.2) is 30.7 Å². The van der Waals surface area contributed by atoms with Gasteiger partial charge < -0.3 is 5.32 Å². The molecule has 7 heteroatoms. The monoisotopic (exact) mass is 281 g/mol. The molecular formula is C14H15N7. The fourth-order valence-electron chi connectivity index (χ4n) is 1.93. The summed E-state index contributed by atoms with van der Waals surface area (Å²) in [7, 11) is 0. The van der Waals surface area contributed by atoms with Crippen LogP contribution in [-0.4, -0.2) is 24.4 Å². The van der Waals surface area contributed by atoms with Gasteiger partial charge in [-0.25, -0.2) is 9.50 Å². The van der Waals surface area contributed by atoms with Gasteiger partial charge in [0, 0.05) is 6.20 Å². The molecule has 1 N–H and O–H groups in total. The number of anilines is 2. The lowest BCUT2D eigenvalue weighted by Gasteiger charge is -2.15. The van der Waals surface area contributed by atoms with Gasteiger partial charge in [-0.2, -0.15) is 10.4 Å². The molecule has 3 rings (SSSR count). The second-order valence-corrected chi connectivity index (χ2v) is 5.33. The topological polar surface area (TPSA) is 83.8 Å². The lowest BCUT2D eigenvalue weighted by atomic mass is 10.1. The third kappa shape index (κ3) is 2.31. The van der Waals surface area contributed by atoms with Gasteiger partial charge >= 0.3 is 0 Å². The van der Waals surface area contributed by atoms with Crippen molar-refractivity contribution in [2.75, 3.05) is 5.32 Å². The van der Waals surface area contributed by atoms with Crippen molar-refractivity contribution in [3.8, 4) is 6.07 Å². The van der Waals surface area contributed by atoms with E-state index in [0.717, 1.165) is 16.9 Å². The molecule has 0 aliphatic rings. The molecule has 3 aromatic rings. The molecule has 0 aromatic carbocycles. The van der Waals surface area contributed by atoms with Gasteiger partial charge in [-0.1, -0.05) is 0 Å². The lowest BCUT2D eigenvalue weighted by molar-refractivity contribution is 0.416. The van der Waals surface area contributed by atoms with Gasteiger partial charge in [-0.3, -0.25) is 4.68 Å². The molecule has 0 atom stereocenters. The van der Waals surface area contributed by atoms with Gasteiger partial charge in [0.25, 0.3) is 0 Å². The van der Waals surface area contributed by atoms with Crippen LogP contribution in [-0.2, 0) is 5.54 Å². The van der Waals surface area contributed by atoms with Gasteiger partial charge in [-0.15, -0.1) is 5.10 Å². The zero-order valence-electron chi connectivity index (χ0n) is 12.1. The average Bonchev–Trinajstić information content (AvgIpc) is 3.06. The number of nitrogens with zero attached hydrogens (tertiary/aromatic N) is 6. The van der Waals surface area contributed by atoms with Gasteiger partial charge in [0.05, 0.1) is 35.4 Å². The average molecular weight is 281 g/mol. The molecule has 0 unspecified atom stereocenters. The van der Waals surface area contributed by atoms with E-state index in [1.165, 1.54) is 0 Å². The molecule has 0 bridgehead atoms. The highest BCUT2D eigenvalue weighted by molar-refractivity contribution is 5.56. The summed E-state index contributed by atoms with van der Waals surface area (Å²) in [6.07, 6.45) is 5.40. The molecule has 0 fully saturated rings. The van der Waals surface area contributed by atoms with Gasteiger partial charge in [0.1, 0.15) is 5.54 Å². The van der Waals surface area contributed by atoms with E-state index >= 15 is 0 Å². The fourth-order valence-corrected chi connectivity index (χ4v) is 1.93. The summed E-state index contributed by atoms with van der Waals surface area (Å²) in [6, 6.07) is 6.06. The Labute approximate surface area is 121 Å². The van der Waals surface area contributed by atoms with Crippen LogP contribution in [0, 0.1) is 18.3 Å². The first-order chi connectivity index (χ1) is 9.99. The quantitative estimate of drug-likeness (QED) is 0.796. The standard InChI is InChI=1S/C14H15N7/c1-10-12(8-21(18-10)14(2,3)9-15)17-13-16-7-11-5-4-6-20(11)19-13/h4-8H,1-3H3,(H,17,19). The highest BCUT2D eigenvalue weighted by Gasteiger charge is 2.21. The van der Waals surface area contributed by atoms with Crippen molar-refractivity contribution in [2.45, 2.75) is 26.3 Å². The van der Waals surface area contributed by atoms with Crippen LogP contribution in [0.2, 0.25) is 0 Å². The lowest BCUT2D eigenvalue weighted by Crippen LogP contribution is -2.24. The second-order valence-electron chi connectivity index (χ2n) is 5.33. The largest absolute Gasteiger partial charge is 0.320 e. The minimum atomic E-state index is -0.698. The molecule has 0 saturated heterocycles. The van der Waals surface area contributed by atoms with E-state index in [-0.39, 0.29) is 0 Å². The summed E-state index contributed by atoms with van der Waals surface area (Å²) in [4.78, 5) is 4.26. The van der Waals surface area contributed by atoms with Gasteiger partial charge in [0.2, 0.25) is 5.95 Å². The molecule has 21 heavy (non-hydrogen) atoms. The Morgan fingerprint density at radius 1 is 1.33 bits per heavy atom. The van der Waals surface area contributed by atoms with Crippen molar-refractivity contribution in [3.05, 3.63) is 36.4 Å². The Balaban J connectivity index is 1.93. The molecule has 0 aliphatic carbocycles. The maximum atomic E-state index is 9.17. The zero-order chi connectivity index (χ0) is 15.0. The predicted octanol–water partition coefficient (Wildman–Crippen LogP) is 2.24. The summed E-state index contributed by atoms with van der Waals surface area (Å²) in [5, 5.41) is 21.0. The van der Waals surface area contributed by atoms with E-state index < -0.39 is 5.54 Å². The number of aryl methyl sites for hydroxylation is 1. The van der Waals surface area contributed by atoms with Crippen LogP contribution in [0.4, 0.5) is 11.6 Å². The molecule has 106 valence electrons. The number of nitriles is 1. The Bertz CT molecular complexity index is 834. The molecule has 0 aliphatic heterocycles. The Morgan fingerprint density at radius 3 is 2.90 bits per heavy atom. The highest BCUT2D eigenvalue weighted by Crippen LogP contribution is 2.21. The number of nitrogens with one attached hydrogen (secondary N) is 1. The molecule has 0 radical (unpaired) electrons. The number of rotatable bonds is 3. The Hall–Kier alpha value is -2.88. The van der Waals surface area contributed by atoms with Crippen LogP contribution < -0.4 is 5.32 Å². The van der Waals surface area contributed by atoms with Crippen molar-refractivity contribution in [3.63, 3.8) is 0 Å². The molecular weight excluding hydrogens is 266 g/mol. The normalized spacial score (nSPS) is 11.5. The van der Waals surface area contributed by atoms with Crippen molar-refractivity contribution in [1.29, 1.82) is 5.26 Å². The smallest absolute Gasteiger partial charge is 0.245 e.